The standard InChI is InChI=1S/C14H25N3O2/c1-14(2)13(19)16(3)8-9-17(14)12(18)10-4-6-11(15)7-5-10/h10-11H,4-9,15H2,1-3H3. The summed E-state index contributed by atoms with van der Waals surface area (Å²) in [5, 5.41) is 0. The number of carbonyl (C=O) groups is 2. The van der Waals surface area contributed by atoms with Crippen LogP contribution in [-0.2, 0) is 9.59 Å². The fraction of sp³-hybridized carbons (Fsp3) is 0.857. The van der Waals surface area contributed by atoms with Crippen molar-refractivity contribution >= 4 is 11.8 Å². The molecule has 2 N–H and O–H groups in total. The largest absolute Gasteiger partial charge is 0.342 e. The van der Waals surface area contributed by atoms with Crippen molar-refractivity contribution < 1.29 is 9.59 Å². The van der Waals surface area contributed by atoms with Crippen molar-refractivity contribution in [1.82, 2.24) is 9.80 Å². The number of likely N-dealkylation sites (N-methyl/N-ethyl adjacent to an activating group) is 1. The second-order valence-electron chi connectivity index (χ2n) is 6.39. The van der Waals surface area contributed by atoms with Crippen LogP contribution in [0.25, 0.3) is 0 Å². The molecule has 1 aliphatic carbocycles. The summed E-state index contributed by atoms with van der Waals surface area (Å²) < 4.78 is 0. The molecule has 0 aromatic heterocycles. The SMILES string of the molecule is CN1CCN(C(=O)C2CCC(N)CC2)C(C)(C)C1=O. The smallest absolute Gasteiger partial charge is 0.247 e. The Balaban J connectivity index is 2.08. The Labute approximate surface area is 115 Å². The molecule has 0 spiro atoms. The summed E-state index contributed by atoms with van der Waals surface area (Å²) in [6, 6.07) is 0.242. The van der Waals surface area contributed by atoms with Crippen molar-refractivity contribution in [2.24, 2.45) is 11.7 Å². The van der Waals surface area contributed by atoms with E-state index in [4.69, 9.17) is 5.73 Å². The fourth-order valence-corrected chi connectivity index (χ4v) is 3.19. The van der Waals surface area contributed by atoms with Gasteiger partial charge in [-0.15, -0.1) is 0 Å². The third-order valence-corrected chi connectivity index (χ3v) is 4.59. The highest BCUT2D eigenvalue weighted by molar-refractivity contribution is 5.92. The number of nitrogens with zero attached hydrogens (tertiary/aromatic N) is 2. The lowest BCUT2D eigenvalue weighted by atomic mass is 9.84. The summed E-state index contributed by atoms with van der Waals surface area (Å²) in [6.45, 7) is 4.95. The van der Waals surface area contributed by atoms with Gasteiger partial charge in [0.25, 0.3) is 0 Å². The number of nitrogens with two attached hydrogens (primary N) is 1. The molecule has 0 radical (unpaired) electrons. The van der Waals surface area contributed by atoms with Gasteiger partial charge >= 0.3 is 0 Å². The summed E-state index contributed by atoms with van der Waals surface area (Å²) in [7, 11) is 1.80. The van der Waals surface area contributed by atoms with Gasteiger partial charge in [0.15, 0.2) is 0 Å². The van der Waals surface area contributed by atoms with Crippen LogP contribution in [0.5, 0.6) is 0 Å². The molecule has 1 saturated heterocycles. The Bertz CT molecular complexity index is 373. The monoisotopic (exact) mass is 267 g/mol. The summed E-state index contributed by atoms with van der Waals surface area (Å²) in [6.07, 6.45) is 3.55. The van der Waals surface area contributed by atoms with Crippen molar-refractivity contribution in [3.05, 3.63) is 0 Å². The van der Waals surface area contributed by atoms with Crippen molar-refractivity contribution in [1.29, 1.82) is 0 Å². The molecule has 0 atom stereocenters. The summed E-state index contributed by atoms with van der Waals surface area (Å²) in [5.74, 6) is 0.216. The Morgan fingerprint density at radius 2 is 1.79 bits per heavy atom. The number of rotatable bonds is 1. The maximum Gasteiger partial charge on any atom is 0.247 e. The number of amides is 2. The molecule has 2 rings (SSSR count). The van der Waals surface area contributed by atoms with E-state index >= 15 is 0 Å². The molecule has 2 fully saturated rings. The first-order valence-corrected chi connectivity index (χ1v) is 7.16. The molecule has 108 valence electrons. The molecule has 5 heteroatoms. The molecule has 2 aliphatic rings. The number of carbonyl (C=O) groups excluding carboxylic acids is 2. The topological polar surface area (TPSA) is 66.6 Å². The van der Waals surface area contributed by atoms with Gasteiger partial charge in [0.05, 0.1) is 0 Å². The van der Waals surface area contributed by atoms with Crippen LogP contribution >= 0.6 is 0 Å². The first-order valence-electron chi connectivity index (χ1n) is 7.16. The molecule has 0 unspecified atom stereocenters. The third-order valence-electron chi connectivity index (χ3n) is 4.59. The molecular weight excluding hydrogens is 242 g/mol. The maximum absolute atomic E-state index is 12.6. The molecular formula is C14H25N3O2. The third kappa shape index (κ3) is 2.61. The number of hydrogen-bond donors (Lipinski definition) is 1. The van der Waals surface area contributed by atoms with Crippen molar-refractivity contribution in [2.45, 2.75) is 51.1 Å². The highest BCUT2D eigenvalue weighted by Crippen LogP contribution is 2.29. The summed E-state index contributed by atoms with van der Waals surface area (Å²) in [4.78, 5) is 28.3. The van der Waals surface area contributed by atoms with Gasteiger partial charge < -0.3 is 15.5 Å². The van der Waals surface area contributed by atoms with Gasteiger partial charge in [-0.2, -0.15) is 0 Å². The Morgan fingerprint density at radius 1 is 1.21 bits per heavy atom. The van der Waals surface area contributed by atoms with Gasteiger partial charge in [0, 0.05) is 32.1 Å². The summed E-state index contributed by atoms with van der Waals surface area (Å²) >= 11 is 0. The molecule has 5 nitrogen and oxygen atoms in total. The van der Waals surface area contributed by atoms with Crippen LogP contribution in [0.1, 0.15) is 39.5 Å². The van der Waals surface area contributed by atoms with E-state index in [0.717, 1.165) is 25.7 Å². The molecule has 0 aromatic carbocycles. The predicted molar refractivity (Wildman–Crippen MR) is 73.4 cm³/mol. The quantitative estimate of drug-likeness (QED) is 0.756. The van der Waals surface area contributed by atoms with E-state index in [1.807, 2.05) is 13.8 Å². The second-order valence-corrected chi connectivity index (χ2v) is 6.39. The first-order chi connectivity index (χ1) is 8.84. The van der Waals surface area contributed by atoms with Gasteiger partial charge in [-0.05, 0) is 39.5 Å². The predicted octanol–water partition coefficient (Wildman–Crippen LogP) is 0.583. The van der Waals surface area contributed by atoms with E-state index in [1.54, 1.807) is 16.8 Å². The highest BCUT2D eigenvalue weighted by atomic mass is 16.2. The zero-order valence-electron chi connectivity index (χ0n) is 12.2. The van der Waals surface area contributed by atoms with Crippen LogP contribution in [0.4, 0.5) is 0 Å². The number of hydrogen-bond acceptors (Lipinski definition) is 3. The van der Waals surface area contributed by atoms with Crippen LogP contribution in [0.15, 0.2) is 0 Å². The summed E-state index contributed by atoms with van der Waals surface area (Å²) in [5.41, 5.74) is 5.16. The molecule has 1 saturated carbocycles. The van der Waals surface area contributed by atoms with Crippen molar-refractivity contribution in [3.63, 3.8) is 0 Å². The van der Waals surface area contributed by atoms with E-state index in [2.05, 4.69) is 0 Å². The van der Waals surface area contributed by atoms with Crippen LogP contribution in [0.2, 0.25) is 0 Å². The lowest BCUT2D eigenvalue weighted by Crippen LogP contribution is -2.64. The molecule has 0 aromatic rings. The molecule has 1 heterocycles. The van der Waals surface area contributed by atoms with Crippen LogP contribution in [0, 0.1) is 5.92 Å². The molecule has 1 aliphatic heterocycles. The number of piperazine rings is 1. The fourth-order valence-electron chi connectivity index (χ4n) is 3.19. The van der Waals surface area contributed by atoms with Gasteiger partial charge in [-0.1, -0.05) is 0 Å². The van der Waals surface area contributed by atoms with E-state index < -0.39 is 5.54 Å². The molecule has 2 amide bonds. The van der Waals surface area contributed by atoms with Crippen LogP contribution in [-0.4, -0.2) is 53.3 Å². The van der Waals surface area contributed by atoms with Gasteiger partial charge in [-0.25, -0.2) is 0 Å². The van der Waals surface area contributed by atoms with Crippen LogP contribution in [0.3, 0.4) is 0 Å². The zero-order valence-corrected chi connectivity index (χ0v) is 12.2. The average Bonchev–Trinajstić information content (AvgIpc) is 2.36. The van der Waals surface area contributed by atoms with E-state index in [-0.39, 0.29) is 23.8 Å². The van der Waals surface area contributed by atoms with Crippen LogP contribution < -0.4 is 5.73 Å². The van der Waals surface area contributed by atoms with Crippen molar-refractivity contribution in [3.8, 4) is 0 Å². The minimum atomic E-state index is -0.719. The normalized spacial score (nSPS) is 31.5. The van der Waals surface area contributed by atoms with Gasteiger partial charge in [-0.3, -0.25) is 9.59 Å². The van der Waals surface area contributed by atoms with E-state index in [9.17, 15) is 9.59 Å². The highest BCUT2D eigenvalue weighted by Gasteiger charge is 2.44. The second kappa shape index (κ2) is 5.12. The molecule has 19 heavy (non-hydrogen) atoms. The Morgan fingerprint density at radius 3 is 2.37 bits per heavy atom. The van der Waals surface area contributed by atoms with E-state index in [1.165, 1.54) is 0 Å². The zero-order chi connectivity index (χ0) is 14.2. The Hall–Kier alpha value is -1.10. The lowest BCUT2D eigenvalue weighted by Gasteiger charge is -2.46. The average molecular weight is 267 g/mol. The van der Waals surface area contributed by atoms with Crippen molar-refractivity contribution in [2.75, 3.05) is 20.1 Å². The minimum Gasteiger partial charge on any atom is -0.342 e. The van der Waals surface area contributed by atoms with Gasteiger partial charge in [0.1, 0.15) is 5.54 Å². The minimum absolute atomic E-state index is 0.0274. The molecule has 0 bridgehead atoms. The maximum atomic E-state index is 12.6. The Kier molecular flexibility index (Phi) is 3.85. The van der Waals surface area contributed by atoms with Gasteiger partial charge in [0.2, 0.25) is 11.8 Å². The van der Waals surface area contributed by atoms with E-state index in [0.29, 0.717) is 13.1 Å². The first kappa shape index (κ1) is 14.3. The lowest BCUT2D eigenvalue weighted by molar-refractivity contribution is -0.160.